The highest BCUT2D eigenvalue weighted by molar-refractivity contribution is 5.87. The summed E-state index contributed by atoms with van der Waals surface area (Å²) in [5.74, 6) is 1.83. The lowest BCUT2D eigenvalue weighted by atomic mass is 9.87. The van der Waals surface area contributed by atoms with Gasteiger partial charge in [-0.2, -0.15) is 0 Å². The van der Waals surface area contributed by atoms with E-state index in [1.807, 2.05) is 29.2 Å². The van der Waals surface area contributed by atoms with E-state index >= 15 is 0 Å². The van der Waals surface area contributed by atoms with E-state index in [1.165, 1.54) is 22.0 Å². The topological polar surface area (TPSA) is 46.9 Å². The number of nitrogens with zero attached hydrogens (tertiary/aromatic N) is 3. The molecule has 4 aromatic rings. The van der Waals surface area contributed by atoms with E-state index in [1.54, 1.807) is 14.2 Å². The second kappa shape index (κ2) is 11.7. The minimum atomic E-state index is -0.0559. The summed E-state index contributed by atoms with van der Waals surface area (Å²) >= 11 is 0. The number of para-hydroxylation sites is 1. The third-order valence-corrected chi connectivity index (χ3v) is 7.78. The molecule has 1 aliphatic heterocycles. The van der Waals surface area contributed by atoms with Gasteiger partial charge in [0.25, 0.3) is 0 Å². The maximum absolute atomic E-state index is 13.6. The number of methoxy groups -OCH3 is 2. The molecule has 0 saturated carbocycles. The summed E-state index contributed by atoms with van der Waals surface area (Å²) in [6, 6.07) is 24.9. The highest BCUT2D eigenvalue weighted by atomic mass is 16.5. The molecule has 0 N–H and O–H groups in total. The van der Waals surface area contributed by atoms with Gasteiger partial charge in [-0.3, -0.25) is 4.79 Å². The van der Waals surface area contributed by atoms with E-state index in [2.05, 4.69) is 71.1 Å². The first-order valence-electron chi connectivity index (χ1n) is 13.4. The normalized spacial score (nSPS) is 15.0. The summed E-state index contributed by atoms with van der Waals surface area (Å²) in [5.41, 5.74) is 4.67. The van der Waals surface area contributed by atoms with E-state index in [9.17, 15) is 4.79 Å². The van der Waals surface area contributed by atoms with Crippen LogP contribution in [0.2, 0.25) is 0 Å². The quantitative estimate of drug-likeness (QED) is 0.302. The first kappa shape index (κ1) is 25.9. The minimum absolute atomic E-state index is 0.0559. The molecular weight excluding hydrogens is 474 g/mol. The molecule has 0 spiro atoms. The first-order valence-corrected chi connectivity index (χ1v) is 13.4. The summed E-state index contributed by atoms with van der Waals surface area (Å²) in [6.45, 7) is 7.42. The number of fused-ring (bicyclic) bond motifs is 1. The van der Waals surface area contributed by atoms with Crippen LogP contribution in [0.15, 0.2) is 79.0 Å². The fraction of sp³-hybridized carbons (Fsp3) is 0.344. The number of carbonyl (C=O) groups is 1. The zero-order valence-corrected chi connectivity index (χ0v) is 22.6. The first-order chi connectivity index (χ1) is 18.6. The number of piperazine rings is 1. The van der Waals surface area contributed by atoms with Crippen LogP contribution < -0.4 is 9.47 Å². The maximum Gasteiger partial charge on any atom is 0.223 e. The van der Waals surface area contributed by atoms with Crippen LogP contribution in [-0.2, 0) is 11.3 Å². The number of hydrogen-bond acceptors (Lipinski definition) is 4. The Labute approximate surface area is 225 Å². The molecule has 1 amide bonds. The van der Waals surface area contributed by atoms with Gasteiger partial charge in [0.05, 0.1) is 14.2 Å². The van der Waals surface area contributed by atoms with E-state index in [4.69, 9.17) is 9.47 Å². The van der Waals surface area contributed by atoms with Crippen molar-refractivity contribution in [1.82, 2.24) is 14.4 Å². The van der Waals surface area contributed by atoms with Gasteiger partial charge in [-0.1, -0.05) is 49.4 Å². The van der Waals surface area contributed by atoms with Gasteiger partial charge >= 0.3 is 0 Å². The molecule has 1 aliphatic rings. The lowest BCUT2D eigenvalue weighted by molar-refractivity contribution is -0.133. The maximum atomic E-state index is 13.6. The number of amides is 1. The minimum Gasteiger partial charge on any atom is -0.497 e. The second-order valence-electron chi connectivity index (χ2n) is 9.92. The fourth-order valence-corrected chi connectivity index (χ4v) is 5.47. The van der Waals surface area contributed by atoms with E-state index in [0.717, 1.165) is 56.3 Å². The molecule has 198 valence electrons. The lowest BCUT2D eigenvalue weighted by Gasteiger charge is -2.34. The molecule has 0 aliphatic carbocycles. The van der Waals surface area contributed by atoms with Crippen LogP contribution in [-0.4, -0.2) is 67.2 Å². The van der Waals surface area contributed by atoms with Crippen molar-refractivity contribution >= 4 is 16.8 Å². The van der Waals surface area contributed by atoms with Crippen molar-refractivity contribution in [3.8, 4) is 11.5 Å². The molecule has 6 heteroatoms. The van der Waals surface area contributed by atoms with Crippen LogP contribution in [0.1, 0.15) is 36.0 Å². The second-order valence-corrected chi connectivity index (χ2v) is 9.92. The van der Waals surface area contributed by atoms with Gasteiger partial charge in [0.2, 0.25) is 5.91 Å². The lowest BCUT2D eigenvalue weighted by Crippen LogP contribution is -2.48. The van der Waals surface area contributed by atoms with Crippen LogP contribution in [0.3, 0.4) is 0 Å². The van der Waals surface area contributed by atoms with Crippen LogP contribution in [0.4, 0.5) is 0 Å². The molecule has 6 nitrogen and oxygen atoms in total. The molecule has 1 aromatic heterocycles. The fourth-order valence-electron chi connectivity index (χ4n) is 5.47. The van der Waals surface area contributed by atoms with Crippen LogP contribution in [0, 0.1) is 0 Å². The smallest absolute Gasteiger partial charge is 0.223 e. The summed E-state index contributed by atoms with van der Waals surface area (Å²) < 4.78 is 13.1. The Hall–Kier alpha value is -3.77. The Morgan fingerprint density at radius 2 is 1.47 bits per heavy atom. The summed E-state index contributed by atoms with van der Waals surface area (Å²) in [4.78, 5) is 18.1. The summed E-state index contributed by atoms with van der Waals surface area (Å²) in [5, 5.41) is 1.19. The summed E-state index contributed by atoms with van der Waals surface area (Å²) in [7, 11) is 3.36. The molecule has 3 aromatic carbocycles. The Balaban J connectivity index is 1.50. The van der Waals surface area contributed by atoms with E-state index in [-0.39, 0.29) is 11.8 Å². The van der Waals surface area contributed by atoms with Crippen LogP contribution >= 0.6 is 0 Å². The molecule has 1 saturated heterocycles. The molecule has 5 rings (SSSR count). The van der Waals surface area contributed by atoms with Gasteiger partial charge in [0, 0.05) is 62.2 Å². The Morgan fingerprint density at radius 3 is 2.11 bits per heavy atom. The van der Waals surface area contributed by atoms with Gasteiger partial charge in [0.1, 0.15) is 11.5 Å². The highest BCUT2D eigenvalue weighted by Crippen LogP contribution is 2.36. The zero-order valence-electron chi connectivity index (χ0n) is 22.6. The molecule has 0 bridgehead atoms. The molecule has 0 radical (unpaired) electrons. The van der Waals surface area contributed by atoms with E-state index in [0.29, 0.717) is 6.42 Å². The highest BCUT2D eigenvalue weighted by Gasteiger charge is 2.27. The monoisotopic (exact) mass is 511 g/mol. The number of likely N-dealkylation sites (N-methyl/N-ethyl adjacent to an activating group) is 1. The average Bonchev–Trinajstić information content (AvgIpc) is 3.34. The SMILES string of the molecule is CCN1CCN(C(=O)C[C@H](c2ccc(OC)cc2)c2cn(Cc3ccc(OC)cc3)c3ccccc23)CC1. The van der Waals surface area contributed by atoms with Crippen LogP contribution in [0.25, 0.3) is 10.9 Å². The Morgan fingerprint density at radius 1 is 0.842 bits per heavy atom. The number of aromatic nitrogens is 1. The zero-order chi connectivity index (χ0) is 26.5. The molecule has 1 atom stereocenters. The van der Waals surface area contributed by atoms with Crippen molar-refractivity contribution in [3.05, 3.63) is 95.7 Å². The Kier molecular flexibility index (Phi) is 7.99. The molecule has 2 heterocycles. The van der Waals surface area contributed by atoms with Gasteiger partial charge in [-0.15, -0.1) is 0 Å². The standard InChI is InChI=1S/C32H37N3O3/c1-4-33-17-19-34(20-18-33)32(36)21-29(25-11-15-27(38-3)16-12-25)30-23-35(31-8-6-5-7-28(30)31)22-24-9-13-26(37-2)14-10-24/h5-16,23,29H,4,17-22H2,1-3H3/t29-/m1/s1. The predicted octanol–water partition coefficient (Wildman–Crippen LogP) is 5.39. The van der Waals surface area contributed by atoms with Gasteiger partial charge in [-0.05, 0) is 53.6 Å². The molecule has 38 heavy (non-hydrogen) atoms. The predicted molar refractivity (Wildman–Crippen MR) is 152 cm³/mol. The number of rotatable bonds is 9. The number of ether oxygens (including phenoxy) is 2. The average molecular weight is 512 g/mol. The van der Waals surface area contributed by atoms with Crippen molar-refractivity contribution in [2.24, 2.45) is 0 Å². The van der Waals surface area contributed by atoms with Gasteiger partial charge in [0.15, 0.2) is 0 Å². The van der Waals surface area contributed by atoms with Crippen molar-refractivity contribution in [2.75, 3.05) is 46.9 Å². The van der Waals surface area contributed by atoms with Gasteiger partial charge in [-0.25, -0.2) is 0 Å². The molecule has 1 fully saturated rings. The van der Waals surface area contributed by atoms with Crippen molar-refractivity contribution < 1.29 is 14.3 Å². The number of hydrogen-bond donors (Lipinski definition) is 0. The molecule has 0 unspecified atom stereocenters. The number of benzene rings is 3. The van der Waals surface area contributed by atoms with Crippen molar-refractivity contribution in [3.63, 3.8) is 0 Å². The summed E-state index contributed by atoms with van der Waals surface area (Å²) in [6.07, 6.45) is 2.68. The van der Waals surface area contributed by atoms with Crippen LogP contribution in [0.5, 0.6) is 11.5 Å². The van der Waals surface area contributed by atoms with Crippen molar-refractivity contribution in [1.29, 1.82) is 0 Å². The number of carbonyl (C=O) groups excluding carboxylic acids is 1. The van der Waals surface area contributed by atoms with E-state index < -0.39 is 0 Å². The third-order valence-electron chi connectivity index (χ3n) is 7.78. The van der Waals surface area contributed by atoms with Gasteiger partial charge < -0.3 is 23.8 Å². The third kappa shape index (κ3) is 5.55. The molecular formula is C32H37N3O3. The largest absolute Gasteiger partial charge is 0.497 e. The Bertz CT molecular complexity index is 1350. The van der Waals surface area contributed by atoms with Crippen molar-refractivity contribution in [2.45, 2.75) is 25.8 Å².